The molecule has 2 fully saturated rings. The first-order valence-corrected chi connectivity index (χ1v) is 5.84. The first kappa shape index (κ1) is 9.97. The van der Waals surface area contributed by atoms with Crippen molar-refractivity contribution in [3.8, 4) is 0 Å². The van der Waals surface area contributed by atoms with Gasteiger partial charge in [-0.25, -0.2) is 0 Å². The van der Waals surface area contributed by atoms with Crippen LogP contribution in [0.15, 0.2) is 0 Å². The van der Waals surface area contributed by atoms with E-state index < -0.39 is 0 Å². The largest absolute Gasteiger partial charge is 0.387 e. The van der Waals surface area contributed by atoms with Crippen LogP contribution in [0.3, 0.4) is 0 Å². The summed E-state index contributed by atoms with van der Waals surface area (Å²) in [5.74, 6) is 1.23. The Bertz CT molecular complexity index is 213. The number of fused-ring (bicyclic) bond motifs is 1. The molecular weight excluding hydrogens is 174 g/mol. The predicted molar refractivity (Wildman–Crippen MR) is 58.5 cm³/mol. The average molecular weight is 195 g/mol. The lowest BCUT2D eigenvalue weighted by Crippen LogP contribution is -2.49. The van der Waals surface area contributed by atoms with E-state index in [-0.39, 0.29) is 0 Å². The quantitative estimate of drug-likeness (QED) is 0.519. The fraction of sp³-hybridized carbons (Fsp3) is 0.909. The summed E-state index contributed by atoms with van der Waals surface area (Å²) in [6, 6.07) is 0.737. The molecule has 0 aromatic heterocycles. The van der Waals surface area contributed by atoms with Crippen LogP contribution in [0.1, 0.15) is 38.5 Å². The molecule has 2 atom stereocenters. The van der Waals surface area contributed by atoms with Gasteiger partial charge < -0.3 is 5.73 Å². The van der Waals surface area contributed by atoms with E-state index in [1.165, 1.54) is 38.5 Å². The molecule has 3 N–H and O–H groups in total. The monoisotopic (exact) mass is 195 g/mol. The van der Waals surface area contributed by atoms with Crippen LogP contribution in [-0.2, 0) is 0 Å². The van der Waals surface area contributed by atoms with Gasteiger partial charge in [0.1, 0.15) is 5.84 Å². The summed E-state index contributed by atoms with van der Waals surface area (Å²) in [4.78, 5) is 2.44. The Kier molecular flexibility index (Phi) is 3.06. The molecule has 0 aromatic carbocycles. The number of likely N-dealkylation sites (tertiary alicyclic amines) is 1. The molecule has 80 valence electrons. The number of rotatable bonds is 2. The van der Waals surface area contributed by atoms with Gasteiger partial charge in [0.25, 0.3) is 0 Å². The van der Waals surface area contributed by atoms with Crippen LogP contribution in [0.5, 0.6) is 0 Å². The van der Waals surface area contributed by atoms with Gasteiger partial charge in [-0.15, -0.1) is 0 Å². The van der Waals surface area contributed by atoms with Crippen molar-refractivity contribution >= 4 is 5.84 Å². The maximum Gasteiger partial charge on any atom is 0.105 e. The Balaban J connectivity index is 1.97. The third-order valence-electron chi connectivity index (χ3n) is 3.73. The van der Waals surface area contributed by atoms with Crippen molar-refractivity contribution in [1.82, 2.24) is 4.90 Å². The summed E-state index contributed by atoms with van der Waals surface area (Å²) in [6.45, 7) is 1.85. The third-order valence-corrected chi connectivity index (χ3v) is 3.73. The molecule has 0 radical (unpaired) electrons. The Morgan fingerprint density at radius 1 is 1.21 bits per heavy atom. The van der Waals surface area contributed by atoms with Gasteiger partial charge in [0, 0.05) is 6.04 Å². The molecule has 14 heavy (non-hydrogen) atoms. The fourth-order valence-corrected chi connectivity index (χ4v) is 3.14. The molecule has 1 aliphatic heterocycles. The second-order valence-corrected chi connectivity index (χ2v) is 4.75. The predicted octanol–water partition coefficient (Wildman–Crippen LogP) is 1.58. The standard InChI is InChI=1S/C11H21N3/c12-11(13)8-14-7-3-5-9-4-1-2-6-10(9)14/h9-10H,1-8H2,(H3,12,13)/t9-,10-/m1/s1. The zero-order chi connectivity index (χ0) is 9.97. The highest BCUT2D eigenvalue weighted by molar-refractivity contribution is 5.79. The van der Waals surface area contributed by atoms with Crippen molar-refractivity contribution in [1.29, 1.82) is 5.41 Å². The molecule has 2 aliphatic rings. The van der Waals surface area contributed by atoms with Crippen molar-refractivity contribution in [2.45, 2.75) is 44.6 Å². The molecule has 1 saturated heterocycles. The summed E-state index contributed by atoms with van der Waals surface area (Å²) in [5, 5.41) is 7.37. The van der Waals surface area contributed by atoms with E-state index in [2.05, 4.69) is 4.90 Å². The smallest absolute Gasteiger partial charge is 0.105 e. The lowest BCUT2D eigenvalue weighted by atomic mass is 9.78. The molecule has 1 heterocycles. The number of nitrogens with zero attached hydrogens (tertiary/aromatic N) is 1. The topological polar surface area (TPSA) is 53.1 Å². The van der Waals surface area contributed by atoms with Crippen molar-refractivity contribution in [3.63, 3.8) is 0 Å². The summed E-state index contributed by atoms with van der Waals surface area (Å²) in [6.07, 6.45) is 8.22. The number of nitrogens with one attached hydrogen (secondary N) is 1. The van der Waals surface area contributed by atoms with Gasteiger partial charge in [0.15, 0.2) is 0 Å². The number of hydrogen-bond donors (Lipinski definition) is 2. The number of amidine groups is 1. The Morgan fingerprint density at radius 2 is 1.93 bits per heavy atom. The minimum atomic E-state index is 0.330. The van der Waals surface area contributed by atoms with Gasteiger partial charge in [0.2, 0.25) is 0 Å². The van der Waals surface area contributed by atoms with Crippen LogP contribution in [0, 0.1) is 11.3 Å². The van der Waals surface area contributed by atoms with E-state index in [1.54, 1.807) is 0 Å². The number of nitrogens with two attached hydrogens (primary N) is 1. The molecule has 0 unspecified atom stereocenters. The SMILES string of the molecule is N=C(N)CN1CCC[C@H]2CCCC[C@H]21. The second-order valence-electron chi connectivity index (χ2n) is 4.75. The summed E-state index contributed by atoms with van der Waals surface area (Å²) >= 11 is 0. The van der Waals surface area contributed by atoms with E-state index >= 15 is 0 Å². The number of hydrogen-bond acceptors (Lipinski definition) is 2. The summed E-state index contributed by atoms with van der Waals surface area (Å²) in [7, 11) is 0. The fourth-order valence-electron chi connectivity index (χ4n) is 3.14. The van der Waals surface area contributed by atoms with Crippen LogP contribution >= 0.6 is 0 Å². The number of piperidine rings is 1. The van der Waals surface area contributed by atoms with Crippen LogP contribution in [-0.4, -0.2) is 29.9 Å². The van der Waals surface area contributed by atoms with Crippen LogP contribution < -0.4 is 5.73 Å². The molecule has 3 nitrogen and oxygen atoms in total. The first-order valence-electron chi connectivity index (χ1n) is 5.84. The van der Waals surface area contributed by atoms with E-state index in [4.69, 9.17) is 11.1 Å². The first-order chi connectivity index (χ1) is 6.77. The molecule has 2 rings (SSSR count). The maximum atomic E-state index is 7.37. The highest BCUT2D eigenvalue weighted by Crippen LogP contribution is 2.34. The molecule has 1 saturated carbocycles. The minimum Gasteiger partial charge on any atom is -0.387 e. The van der Waals surface area contributed by atoms with Gasteiger partial charge in [0.05, 0.1) is 6.54 Å². The molecule has 3 heteroatoms. The lowest BCUT2D eigenvalue weighted by molar-refractivity contribution is 0.0742. The average Bonchev–Trinajstić information content (AvgIpc) is 2.18. The van der Waals surface area contributed by atoms with Crippen molar-refractivity contribution in [3.05, 3.63) is 0 Å². The van der Waals surface area contributed by atoms with Crippen LogP contribution in [0.2, 0.25) is 0 Å². The van der Waals surface area contributed by atoms with E-state index in [1.807, 2.05) is 0 Å². The highest BCUT2D eigenvalue weighted by atomic mass is 15.2. The molecule has 0 amide bonds. The second kappa shape index (κ2) is 4.30. The van der Waals surface area contributed by atoms with Crippen molar-refractivity contribution in [2.24, 2.45) is 11.7 Å². The van der Waals surface area contributed by atoms with Gasteiger partial charge in [-0.1, -0.05) is 12.8 Å². The van der Waals surface area contributed by atoms with Crippen molar-refractivity contribution in [2.75, 3.05) is 13.1 Å². The van der Waals surface area contributed by atoms with E-state index in [0.29, 0.717) is 12.4 Å². The lowest BCUT2D eigenvalue weighted by Gasteiger charge is -2.43. The van der Waals surface area contributed by atoms with Gasteiger partial charge in [-0.05, 0) is 38.1 Å². The Hall–Kier alpha value is -0.570. The molecule has 0 spiro atoms. The Morgan fingerprint density at radius 3 is 2.71 bits per heavy atom. The van der Waals surface area contributed by atoms with Crippen LogP contribution in [0.4, 0.5) is 0 Å². The molecular formula is C11H21N3. The van der Waals surface area contributed by atoms with Crippen LogP contribution in [0.25, 0.3) is 0 Å². The zero-order valence-corrected chi connectivity index (χ0v) is 8.84. The highest BCUT2D eigenvalue weighted by Gasteiger charge is 2.32. The third kappa shape index (κ3) is 2.08. The zero-order valence-electron chi connectivity index (χ0n) is 8.84. The molecule has 0 aromatic rings. The normalized spacial score (nSPS) is 33.7. The van der Waals surface area contributed by atoms with Gasteiger partial charge >= 0.3 is 0 Å². The molecule has 0 bridgehead atoms. The summed E-state index contributed by atoms with van der Waals surface area (Å²) < 4.78 is 0. The van der Waals surface area contributed by atoms with E-state index in [9.17, 15) is 0 Å². The van der Waals surface area contributed by atoms with Crippen molar-refractivity contribution < 1.29 is 0 Å². The Labute approximate surface area is 86.2 Å². The maximum absolute atomic E-state index is 7.37. The van der Waals surface area contributed by atoms with Gasteiger partial charge in [-0.3, -0.25) is 10.3 Å². The molecule has 1 aliphatic carbocycles. The van der Waals surface area contributed by atoms with E-state index in [0.717, 1.165) is 18.5 Å². The summed E-state index contributed by atoms with van der Waals surface area (Å²) in [5.41, 5.74) is 5.49. The minimum absolute atomic E-state index is 0.330. The van der Waals surface area contributed by atoms with Gasteiger partial charge in [-0.2, -0.15) is 0 Å².